The van der Waals surface area contributed by atoms with E-state index in [0.717, 1.165) is 31.4 Å². The highest BCUT2D eigenvalue weighted by Gasteiger charge is 2.13. The Labute approximate surface area is 172 Å². The van der Waals surface area contributed by atoms with Gasteiger partial charge in [0.2, 0.25) is 0 Å². The summed E-state index contributed by atoms with van der Waals surface area (Å²) in [5.41, 5.74) is 3.33. The molecule has 5 rings (SSSR count). The predicted octanol–water partition coefficient (Wildman–Crippen LogP) is 5.80. The summed E-state index contributed by atoms with van der Waals surface area (Å²) >= 11 is 4.68. The van der Waals surface area contributed by atoms with Crippen LogP contribution in [0, 0.1) is 0 Å². The Morgan fingerprint density at radius 2 is 1.86 bits per heavy atom. The molecule has 0 saturated carbocycles. The third-order valence-corrected chi connectivity index (χ3v) is 6.71. The van der Waals surface area contributed by atoms with Crippen LogP contribution in [0.1, 0.15) is 10.5 Å². The lowest BCUT2D eigenvalue weighted by Gasteiger charge is -2.03. The van der Waals surface area contributed by atoms with Gasteiger partial charge in [0, 0.05) is 28.1 Å². The molecule has 4 heterocycles. The number of nitrogens with zero attached hydrogens (tertiary/aromatic N) is 3. The fourth-order valence-electron chi connectivity index (χ4n) is 2.67. The fraction of sp³-hybridized carbons (Fsp3) is 0. The Balaban J connectivity index is 1.32. The summed E-state index contributed by atoms with van der Waals surface area (Å²) in [6.45, 7) is 0. The molecule has 5 nitrogen and oxygen atoms in total. The number of aromatic nitrogens is 3. The number of thiazole rings is 2. The van der Waals surface area contributed by atoms with E-state index in [4.69, 9.17) is 0 Å². The number of amides is 1. The highest BCUT2D eigenvalue weighted by molar-refractivity contribution is 7.21. The number of anilines is 1. The zero-order valence-electron chi connectivity index (χ0n) is 14.3. The third-order valence-electron chi connectivity index (χ3n) is 4.05. The van der Waals surface area contributed by atoms with Crippen LogP contribution in [-0.4, -0.2) is 20.9 Å². The molecule has 0 aliphatic heterocycles. The van der Waals surface area contributed by atoms with Crippen molar-refractivity contribution < 1.29 is 4.79 Å². The minimum absolute atomic E-state index is 0.266. The zero-order chi connectivity index (χ0) is 18.9. The van der Waals surface area contributed by atoms with E-state index >= 15 is 0 Å². The average molecular weight is 421 g/mol. The molecule has 8 heteroatoms. The van der Waals surface area contributed by atoms with Crippen molar-refractivity contribution in [3.63, 3.8) is 0 Å². The van der Waals surface area contributed by atoms with Gasteiger partial charge in [-0.15, -0.1) is 22.7 Å². The SMILES string of the molecule is O=C(Nc1ccc(-c2nc3ccccc3s2)cn1)c1csc(-c2ccsc2)n1. The number of hydrogen-bond acceptors (Lipinski definition) is 7. The van der Waals surface area contributed by atoms with E-state index in [1.165, 1.54) is 11.3 Å². The van der Waals surface area contributed by atoms with E-state index in [9.17, 15) is 4.79 Å². The number of carbonyl (C=O) groups excluding carboxylic acids is 1. The van der Waals surface area contributed by atoms with Gasteiger partial charge in [0.05, 0.1) is 10.2 Å². The lowest BCUT2D eigenvalue weighted by molar-refractivity contribution is 0.102. The van der Waals surface area contributed by atoms with Gasteiger partial charge in [0.15, 0.2) is 0 Å². The van der Waals surface area contributed by atoms with Crippen LogP contribution in [0.3, 0.4) is 0 Å². The van der Waals surface area contributed by atoms with Crippen LogP contribution in [0.2, 0.25) is 0 Å². The van der Waals surface area contributed by atoms with Gasteiger partial charge in [-0.2, -0.15) is 11.3 Å². The smallest absolute Gasteiger partial charge is 0.276 e. The van der Waals surface area contributed by atoms with Crippen LogP contribution in [0.25, 0.3) is 31.4 Å². The highest BCUT2D eigenvalue weighted by atomic mass is 32.1. The van der Waals surface area contributed by atoms with Gasteiger partial charge in [-0.25, -0.2) is 15.0 Å². The molecule has 0 aliphatic carbocycles. The van der Waals surface area contributed by atoms with Crippen LogP contribution in [0.15, 0.2) is 64.8 Å². The summed E-state index contributed by atoms with van der Waals surface area (Å²) in [6.07, 6.45) is 1.73. The van der Waals surface area contributed by atoms with Gasteiger partial charge < -0.3 is 5.32 Å². The van der Waals surface area contributed by atoms with Crippen molar-refractivity contribution in [2.45, 2.75) is 0 Å². The first-order valence-electron chi connectivity index (χ1n) is 8.38. The molecule has 0 radical (unpaired) electrons. The molecule has 0 fully saturated rings. The number of rotatable bonds is 4. The molecule has 0 bridgehead atoms. The molecule has 28 heavy (non-hydrogen) atoms. The number of fused-ring (bicyclic) bond motifs is 1. The molecular formula is C20H12N4OS3. The molecule has 4 aromatic heterocycles. The van der Waals surface area contributed by atoms with Crippen molar-refractivity contribution >= 4 is 56.0 Å². The van der Waals surface area contributed by atoms with E-state index in [-0.39, 0.29) is 5.91 Å². The first-order chi connectivity index (χ1) is 13.8. The summed E-state index contributed by atoms with van der Waals surface area (Å²) in [5.74, 6) is 0.220. The Hall–Kier alpha value is -2.94. The van der Waals surface area contributed by atoms with E-state index in [0.29, 0.717) is 11.5 Å². The quantitative estimate of drug-likeness (QED) is 0.399. The number of pyridine rings is 1. The zero-order valence-corrected chi connectivity index (χ0v) is 16.8. The monoisotopic (exact) mass is 420 g/mol. The van der Waals surface area contributed by atoms with Gasteiger partial charge in [0.1, 0.15) is 21.5 Å². The molecule has 1 amide bonds. The second-order valence-electron chi connectivity index (χ2n) is 5.92. The number of hydrogen-bond donors (Lipinski definition) is 1. The molecule has 1 aromatic carbocycles. The van der Waals surface area contributed by atoms with Crippen LogP contribution < -0.4 is 5.32 Å². The van der Waals surface area contributed by atoms with Gasteiger partial charge in [-0.3, -0.25) is 4.79 Å². The minimum atomic E-state index is -0.266. The van der Waals surface area contributed by atoms with Crippen LogP contribution in [0.4, 0.5) is 5.82 Å². The second kappa shape index (κ2) is 7.23. The van der Waals surface area contributed by atoms with Gasteiger partial charge in [0.25, 0.3) is 5.91 Å². The number of benzene rings is 1. The minimum Gasteiger partial charge on any atom is -0.305 e. The third kappa shape index (κ3) is 3.33. The highest BCUT2D eigenvalue weighted by Crippen LogP contribution is 2.30. The van der Waals surface area contributed by atoms with E-state index in [1.807, 2.05) is 41.1 Å². The van der Waals surface area contributed by atoms with E-state index < -0.39 is 0 Å². The van der Waals surface area contributed by atoms with Crippen molar-refractivity contribution in [1.82, 2.24) is 15.0 Å². The summed E-state index contributed by atoms with van der Waals surface area (Å²) < 4.78 is 1.14. The number of para-hydroxylation sites is 1. The summed E-state index contributed by atoms with van der Waals surface area (Å²) in [7, 11) is 0. The van der Waals surface area contributed by atoms with Crippen LogP contribution in [0.5, 0.6) is 0 Å². The normalized spacial score (nSPS) is 11.0. The Morgan fingerprint density at radius 1 is 0.929 bits per heavy atom. The Bertz CT molecular complexity index is 1220. The first kappa shape index (κ1) is 17.2. The average Bonchev–Trinajstić information content (AvgIpc) is 3.48. The standard InChI is InChI=1S/C20H12N4OS3/c25-18(15-11-27-19(23-15)13-7-8-26-10-13)24-17-6-5-12(9-21-17)20-22-14-3-1-2-4-16(14)28-20/h1-11H,(H,21,24,25). The van der Waals surface area contributed by atoms with Crippen molar-refractivity contribution in [3.05, 3.63) is 70.5 Å². The van der Waals surface area contributed by atoms with Crippen LogP contribution in [-0.2, 0) is 0 Å². The van der Waals surface area contributed by atoms with Gasteiger partial charge in [-0.1, -0.05) is 12.1 Å². The van der Waals surface area contributed by atoms with Gasteiger partial charge in [-0.05, 0) is 35.7 Å². The number of carbonyl (C=O) groups is 1. The molecule has 136 valence electrons. The number of nitrogens with one attached hydrogen (secondary N) is 1. The summed E-state index contributed by atoms with van der Waals surface area (Å²) in [5, 5.41) is 10.3. The van der Waals surface area contributed by atoms with Crippen molar-refractivity contribution in [2.75, 3.05) is 5.32 Å². The lowest BCUT2D eigenvalue weighted by atomic mass is 10.3. The van der Waals surface area contributed by atoms with Crippen molar-refractivity contribution in [2.24, 2.45) is 0 Å². The molecule has 5 aromatic rings. The fourth-order valence-corrected chi connectivity index (χ4v) is 5.14. The van der Waals surface area contributed by atoms with Crippen molar-refractivity contribution in [1.29, 1.82) is 0 Å². The summed E-state index contributed by atoms with van der Waals surface area (Å²) in [6, 6.07) is 13.7. The first-order valence-corrected chi connectivity index (χ1v) is 11.0. The molecule has 0 unspecified atom stereocenters. The maximum absolute atomic E-state index is 12.5. The molecule has 0 aliphatic rings. The van der Waals surface area contributed by atoms with Crippen molar-refractivity contribution in [3.8, 4) is 21.1 Å². The van der Waals surface area contributed by atoms with E-state index in [1.54, 1.807) is 40.3 Å². The largest absolute Gasteiger partial charge is 0.305 e. The van der Waals surface area contributed by atoms with E-state index in [2.05, 4.69) is 26.3 Å². The molecule has 0 atom stereocenters. The lowest BCUT2D eigenvalue weighted by Crippen LogP contribution is -2.13. The predicted molar refractivity (Wildman–Crippen MR) is 116 cm³/mol. The number of thiophene rings is 1. The molecular weight excluding hydrogens is 408 g/mol. The van der Waals surface area contributed by atoms with Gasteiger partial charge >= 0.3 is 0 Å². The van der Waals surface area contributed by atoms with Crippen LogP contribution >= 0.6 is 34.0 Å². The Morgan fingerprint density at radius 3 is 2.64 bits per heavy atom. The maximum atomic E-state index is 12.5. The molecule has 0 spiro atoms. The Kier molecular flexibility index (Phi) is 4.44. The topological polar surface area (TPSA) is 67.8 Å². The maximum Gasteiger partial charge on any atom is 0.276 e. The second-order valence-corrected chi connectivity index (χ2v) is 8.59. The molecule has 1 N–H and O–H groups in total. The summed E-state index contributed by atoms with van der Waals surface area (Å²) in [4.78, 5) is 25.9. The molecule has 0 saturated heterocycles.